The van der Waals surface area contributed by atoms with Gasteiger partial charge in [0.1, 0.15) is 12.4 Å². The lowest BCUT2D eigenvalue weighted by molar-refractivity contribution is -0.121. The van der Waals surface area contributed by atoms with Crippen molar-refractivity contribution in [3.05, 3.63) is 58.1 Å². The van der Waals surface area contributed by atoms with Crippen molar-refractivity contribution in [1.82, 2.24) is 20.9 Å². The predicted molar refractivity (Wildman–Crippen MR) is 135 cm³/mol. The van der Waals surface area contributed by atoms with Gasteiger partial charge in [-0.15, -0.1) is 0 Å². The van der Waals surface area contributed by atoms with Crippen molar-refractivity contribution in [3.8, 4) is 5.75 Å². The summed E-state index contributed by atoms with van der Waals surface area (Å²) in [7, 11) is 0. The van der Waals surface area contributed by atoms with Crippen LogP contribution in [0.2, 0.25) is 5.02 Å². The van der Waals surface area contributed by atoms with Crippen molar-refractivity contribution in [2.45, 2.75) is 13.3 Å². The zero-order chi connectivity index (χ0) is 25.7. The Bertz CT molecular complexity index is 1190. The molecule has 1 saturated heterocycles. The number of amides is 5. The fourth-order valence-corrected chi connectivity index (χ4v) is 4.30. The first-order valence-electron chi connectivity index (χ1n) is 11.8. The predicted octanol–water partition coefficient (Wildman–Crippen LogP) is 1.95. The van der Waals surface area contributed by atoms with E-state index >= 15 is 0 Å². The maximum atomic E-state index is 13.4. The van der Waals surface area contributed by atoms with Crippen LogP contribution >= 0.6 is 11.6 Å². The largest absolute Gasteiger partial charge is 0.491 e. The van der Waals surface area contributed by atoms with Crippen molar-refractivity contribution in [2.75, 3.05) is 50.8 Å². The number of nitrogens with one attached hydrogen (secondary N) is 3. The van der Waals surface area contributed by atoms with Gasteiger partial charge in [-0.05, 0) is 49.2 Å². The molecule has 2 aromatic rings. The third-order valence-corrected chi connectivity index (χ3v) is 6.22. The van der Waals surface area contributed by atoms with Crippen LogP contribution in [0.3, 0.4) is 0 Å². The standard InChI is InChI=1S/C25H28ClN5O5/c1-16-3-4-17(13-20(16)31-11-8-29-25(31)35)24(34)30-10-2-7-28-23(33)19-14-18(26)5-6-21(19)36-12-9-27-22(32)15-30/h3-6,13-14H,2,7-12,15H2,1H3,(H,27,32)(H,28,33)(H,29,35). The Kier molecular flexibility index (Phi) is 7.94. The van der Waals surface area contributed by atoms with Gasteiger partial charge in [0.05, 0.1) is 18.7 Å². The minimum Gasteiger partial charge on any atom is -0.491 e. The second kappa shape index (κ2) is 11.3. The average molecular weight is 514 g/mol. The minimum absolute atomic E-state index is 0.140. The summed E-state index contributed by atoms with van der Waals surface area (Å²) in [5.74, 6) is -0.617. The van der Waals surface area contributed by atoms with Crippen molar-refractivity contribution < 1.29 is 23.9 Å². The summed E-state index contributed by atoms with van der Waals surface area (Å²) in [6.07, 6.45) is 0.425. The normalized spacial score (nSPS) is 17.3. The topological polar surface area (TPSA) is 120 Å². The highest BCUT2D eigenvalue weighted by molar-refractivity contribution is 6.31. The van der Waals surface area contributed by atoms with Gasteiger partial charge < -0.3 is 25.6 Å². The van der Waals surface area contributed by atoms with Gasteiger partial charge in [-0.3, -0.25) is 19.3 Å². The van der Waals surface area contributed by atoms with Gasteiger partial charge in [0, 0.05) is 42.5 Å². The van der Waals surface area contributed by atoms with Gasteiger partial charge in [-0.2, -0.15) is 0 Å². The smallest absolute Gasteiger partial charge is 0.322 e. The summed E-state index contributed by atoms with van der Waals surface area (Å²) in [6, 6.07) is 9.73. The number of hydrogen-bond donors (Lipinski definition) is 3. The molecular formula is C25H28ClN5O5. The summed E-state index contributed by atoms with van der Waals surface area (Å²) in [6.45, 7) is 3.65. The quantitative estimate of drug-likeness (QED) is 0.567. The maximum absolute atomic E-state index is 13.4. The number of rotatable bonds is 2. The summed E-state index contributed by atoms with van der Waals surface area (Å²) in [5.41, 5.74) is 2.20. The molecule has 4 rings (SSSR count). The van der Waals surface area contributed by atoms with Crippen LogP contribution in [0.5, 0.6) is 5.75 Å². The molecular weight excluding hydrogens is 486 g/mol. The van der Waals surface area contributed by atoms with Gasteiger partial charge in [0.15, 0.2) is 0 Å². The number of benzene rings is 2. The third-order valence-electron chi connectivity index (χ3n) is 5.98. The molecule has 0 spiro atoms. The lowest BCUT2D eigenvalue weighted by Gasteiger charge is -2.24. The van der Waals surface area contributed by atoms with E-state index in [0.717, 1.165) is 5.56 Å². The summed E-state index contributed by atoms with van der Waals surface area (Å²) >= 11 is 6.05. The van der Waals surface area contributed by atoms with E-state index < -0.39 is 0 Å². The van der Waals surface area contributed by atoms with E-state index in [2.05, 4.69) is 16.0 Å². The van der Waals surface area contributed by atoms with Crippen molar-refractivity contribution in [3.63, 3.8) is 0 Å². The molecule has 0 bridgehead atoms. The van der Waals surface area contributed by atoms with E-state index in [4.69, 9.17) is 16.3 Å². The summed E-state index contributed by atoms with van der Waals surface area (Å²) < 4.78 is 5.68. The number of carbonyl (C=O) groups excluding carboxylic acids is 4. The number of anilines is 1. The molecule has 0 atom stereocenters. The Labute approximate surface area is 213 Å². The Morgan fingerprint density at radius 3 is 2.58 bits per heavy atom. The molecule has 2 aliphatic heterocycles. The first-order chi connectivity index (χ1) is 17.3. The maximum Gasteiger partial charge on any atom is 0.322 e. The molecule has 5 amide bonds. The van der Waals surface area contributed by atoms with Crippen LogP contribution in [0.1, 0.15) is 32.7 Å². The highest BCUT2D eigenvalue weighted by Crippen LogP contribution is 2.25. The van der Waals surface area contributed by atoms with Crippen LogP contribution in [0.25, 0.3) is 0 Å². The fourth-order valence-electron chi connectivity index (χ4n) is 4.12. The molecule has 0 radical (unpaired) electrons. The molecule has 190 valence electrons. The van der Waals surface area contributed by atoms with E-state index in [1.807, 2.05) is 6.92 Å². The van der Waals surface area contributed by atoms with E-state index in [-0.39, 0.29) is 56.5 Å². The molecule has 0 saturated carbocycles. The van der Waals surface area contributed by atoms with Crippen molar-refractivity contribution in [2.24, 2.45) is 0 Å². The molecule has 1 fully saturated rings. The van der Waals surface area contributed by atoms with E-state index in [0.29, 0.717) is 47.1 Å². The highest BCUT2D eigenvalue weighted by Gasteiger charge is 2.25. The van der Waals surface area contributed by atoms with Gasteiger partial charge in [-0.25, -0.2) is 4.79 Å². The zero-order valence-electron chi connectivity index (χ0n) is 19.9. The molecule has 2 heterocycles. The lowest BCUT2D eigenvalue weighted by Crippen LogP contribution is -2.43. The number of halogens is 1. The zero-order valence-corrected chi connectivity index (χ0v) is 20.7. The third kappa shape index (κ3) is 5.88. The molecule has 2 aromatic carbocycles. The molecule has 0 aromatic heterocycles. The number of urea groups is 1. The number of carbonyl (C=O) groups is 4. The fraction of sp³-hybridized carbons (Fsp3) is 0.360. The number of ether oxygens (including phenoxy) is 1. The van der Waals surface area contributed by atoms with Crippen LogP contribution < -0.4 is 25.6 Å². The molecule has 11 heteroatoms. The highest BCUT2D eigenvalue weighted by atomic mass is 35.5. The van der Waals surface area contributed by atoms with Crippen LogP contribution in [0.15, 0.2) is 36.4 Å². The summed E-state index contributed by atoms with van der Waals surface area (Å²) in [4.78, 5) is 53.9. The molecule has 3 N–H and O–H groups in total. The number of hydrogen-bond acceptors (Lipinski definition) is 5. The van der Waals surface area contributed by atoms with E-state index in [1.165, 1.54) is 11.0 Å². The Morgan fingerprint density at radius 1 is 0.972 bits per heavy atom. The lowest BCUT2D eigenvalue weighted by atomic mass is 10.1. The van der Waals surface area contributed by atoms with Crippen LogP contribution in [0.4, 0.5) is 10.5 Å². The Morgan fingerprint density at radius 2 is 1.81 bits per heavy atom. The SMILES string of the molecule is Cc1ccc(C(=O)N2CCCNC(=O)c3cc(Cl)ccc3OCCNC(=O)C2)cc1N1CCNC1=O. The van der Waals surface area contributed by atoms with Crippen LogP contribution in [-0.2, 0) is 4.79 Å². The number of fused-ring (bicyclic) bond motifs is 1. The van der Waals surface area contributed by atoms with Crippen molar-refractivity contribution in [1.29, 1.82) is 0 Å². The molecule has 2 aliphatic rings. The number of aryl methyl sites for hydroxylation is 1. The van der Waals surface area contributed by atoms with Crippen LogP contribution in [0, 0.1) is 6.92 Å². The summed E-state index contributed by atoms with van der Waals surface area (Å²) in [5, 5.41) is 8.74. The van der Waals surface area contributed by atoms with Crippen molar-refractivity contribution >= 4 is 41.0 Å². The van der Waals surface area contributed by atoms with Gasteiger partial charge in [0.25, 0.3) is 11.8 Å². The van der Waals surface area contributed by atoms with Crippen LogP contribution in [-0.4, -0.2) is 74.5 Å². The monoisotopic (exact) mass is 513 g/mol. The molecule has 0 unspecified atom stereocenters. The molecule has 0 aliphatic carbocycles. The second-order valence-corrected chi connectivity index (χ2v) is 9.00. The average Bonchev–Trinajstić information content (AvgIpc) is 3.29. The first-order valence-corrected chi connectivity index (χ1v) is 12.1. The molecule has 10 nitrogen and oxygen atoms in total. The van der Waals surface area contributed by atoms with E-state index in [1.54, 1.807) is 35.2 Å². The van der Waals surface area contributed by atoms with E-state index in [9.17, 15) is 19.2 Å². The minimum atomic E-state index is -0.335. The van der Waals surface area contributed by atoms with Gasteiger partial charge in [0.2, 0.25) is 5.91 Å². The second-order valence-electron chi connectivity index (χ2n) is 8.56. The first kappa shape index (κ1) is 25.3. The molecule has 36 heavy (non-hydrogen) atoms. The van der Waals surface area contributed by atoms with Gasteiger partial charge >= 0.3 is 6.03 Å². The Hall–Kier alpha value is -3.79. The Balaban J connectivity index is 1.51. The van der Waals surface area contributed by atoms with Gasteiger partial charge in [-0.1, -0.05) is 17.7 Å². The number of nitrogens with zero attached hydrogens (tertiary/aromatic N) is 2.